The van der Waals surface area contributed by atoms with Crippen LogP contribution >= 0.6 is 0 Å². The Morgan fingerprint density at radius 3 is 3.00 bits per heavy atom. The van der Waals surface area contributed by atoms with Crippen LogP contribution in [0.25, 0.3) is 17.0 Å². The molecule has 0 atom stereocenters. The maximum Gasteiger partial charge on any atom is 0.347 e. The van der Waals surface area contributed by atoms with E-state index in [0.717, 1.165) is 0 Å². The first-order chi connectivity index (χ1) is 8.20. The molecule has 2 rings (SSSR count). The van der Waals surface area contributed by atoms with Gasteiger partial charge in [-0.2, -0.15) is 0 Å². The molecule has 0 radical (unpaired) electrons. The minimum Gasteiger partial charge on any atom is -0.498 e. The van der Waals surface area contributed by atoms with Gasteiger partial charge in [0.15, 0.2) is 0 Å². The van der Waals surface area contributed by atoms with E-state index < -0.39 is 0 Å². The van der Waals surface area contributed by atoms with Gasteiger partial charge in [-0.1, -0.05) is 12.1 Å². The van der Waals surface area contributed by atoms with Crippen LogP contribution in [0.2, 0.25) is 0 Å². The number of allylic oxidation sites excluding steroid dienone is 1. The second-order valence-corrected chi connectivity index (χ2v) is 3.54. The lowest BCUT2D eigenvalue weighted by Gasteiger charge is -2.01. The predicted molar refractivity (Wildman–Crippen MR) is 65.6 cm³/mol. The Morgan fingerprint density at radius 1 is 1.47 bits per heavy atom. The third-order valence-electron chi connectivity index (χ3n) is 2.25. The van der Waals surface area contributed by atoms with Crippen LogP contribution in [0, 0.1) is 0 Å². The van der Waals surface area contributed by atoms with Gasteiger partial charge in [0.25, 0.3) is 0 Å². The first-order valence-electron chi connectivity index (χ1n) is 5.41. The van der Waals surface area contributed by atoms with Gasteiger partial charge in [0, 0.05) is 6.08 Å². The third-order valence-corrected chi connectivity index (χ3v) is 2.25. The van der Waals surface area contributed by atoms with Crippen molar-refractivity contribution in [3.05, 3.63) is 46.3 Å². The monoisotopic (exact) mass is 231 g/mol. The van der Waals surface area contributed by atoms with Gasteiger partial charge in [-0.05, 0) is 26.0 Å². The van der Waals surface area contributed by atoms with Gasteiger partial charge in [0.05, 0.1) is 23.3 Å². The summed E-state index contributed by atoms with van der Waals surface area (Å²) >= 11 is 0. The van der Waals surface area contributed by atoms with Crippen molar-refractivity contribution in [2.24, 2.45) is 0 Å². The summed E-state index contributed by atoms with van der Waals surface area (Å²) in [5, 5.41) is 0.485. The fourth-order valence-corrected chi connectivity index (χ4v) is 1.54. The number of benzene rings is 1. The van der Waals surface area contributed by atoms with Gasteiger partial charge in [0.1, 0.15) is 0 Å². The van der Waals surface area contributed by atoms with Crippen LogP contribution in [-0.2, 0) is 4.74 Å². The number of hydrogen-bond acceptors (Lipinski definition) is 4. The second-order valence-electron chi connectivity index (χ2n) is 3.54. The molecule has 2 aromatic rings. The number of aromatic nitrogens is 1. The molecule has 17 heavy (non-hydrogen) atoms. The summed E-state index contributed by atoms with van der Waals surface area (Å²) in [6, 6.07) is 7.08. The molecule has 0 N–H and O–H groups in total. The lowest BCUT2D eigenvalue weighted by Crippen LogP contribution is -2.03. The molecule has 0 aliphatic rings. The smallest absolute Gasteiger partial charge is 0.347 e. The highest BCUT2D eigenvalue weighted by molar-refractivity contribution is 5.77. The standard InChI is InChI=1S/C13H13NO3/c1-3-16-9(2)8-12-14-11-7-5-4-6-10(11)13(15)17-12/h4-8H,3H2,1-2H3/b9-8+. The van der Waals surface area contributed by atoms with E-state index in [0.29, 0.717) is 23.3 Å². The molecule has 0 fully saturated rings. The summed E-state index contributed by atoms with van der Waals surface area (Å²) in [5.41, 5.74) is 0.241. The van der Waals surface area contributed by atoms with Crippen molar-refractivity contribution in [3.8, 4) is 0 Å². The SMILES string of the molecule is CCO/C(C)=C/c1nc2ccccc2c(=O)o1. The zero-order chi connectivity index (χ0) is 12.3. The fourth-order valence-electron chi connectivity index (χ4n) is 1.54. The largest absolute Gasteiger partial charge is 0.498 e. The highest BCUT2D eigenvalue weighted by Crippen LogP contribution is 2.10. The van der Waals surface area contributed by atoms with Crippen molar-refractivity contribution in [2.75, 3.05) is 6.61 Å². The highest BCUT2D eigenvalue weighted by atomic mass is 16.5. The van der Waals surface area contributed by atoms with Crippen molar-refractivity contribution < 1.29 is 9.15 Å². The Morgan fingerprint density at radius 2 is 2.24 bits per heavy atom. The van der Waals surface area contributed by atoms with E-state index >= 15 is 0 Å². The van der Waals surface area contributed by atoms with Gasteiger partial charge in [-0.25, -0.2) is 9.78 Å². The molecule has 1 aromatic heterocycles. The minimum atomic E-state index is -0.383. The zero-order valence-electron chi connectivity index (χ0n) is 9.77. The summed E-state index contributed by atoms with van der Waals surface area (Å²) in [7, 11) is 0. The number of rotatable bonds is 3. The van der Waals surface area contributed by atoms with Crippen molar-refractivity contribution in [1.29, 1.82) is 0 Å². The van der Waals surface area contributed by atoms with Crippen molar-refractivity contribution in [1.82, 2.24) is 4.98 Å². The highest BCUT2D eigenvalue weighted by Gasteiger charge is 2.03. The summed E-state index contributed by atoms with van der Waals surface area (Å²) in [6.45, 7) is 4.25. The van der Waals surface area contributed by atoms with E-state index in [1.54, 1.807) is 31.2 Å². The van der Waals surface area contributed by atoms with Gasteiger partial charge >= 0.3 is 5.63 Å². The normalized spacial score (nSPS) is 11.8. The van der Waals surface area contributed by atoms with Crippen LogP contribution in [0.15, 0.2) is 39.2 Å². The van der Waals surface area contributed by atoms with Crippen LogP contribution < -0.4 is 5.63 Å². The first-order valence-corrected chi connectivity index (χ1v) is 5.41. The fraction of sp³-hybridized carbons (Fsp3) is 0.231. The molecule has 1 heterocycles. The zero-order valence-corrected chi connectivity index (χ0v) is 9.77. The summed E-state index contributed by atoms with van der Waals surface area (Å²) in [5.74, 6) is 0.929. The topological polar surface area (TPSA) is 52.3 Å². The number of para-hydroxylation sites is 1. The molecule has 88 valence electrons. The van der Waals surface area contributed by atoms with E-state index in [-0.39, 0.29) is 11.5 Å². The van der Waals surface area contributed by atoms with Gasteiger partial charge in [0.2, 0.25) is 5.89 Å². The third kappa shape index (κ3) is 2.53. The predicted octanol–water partition coefficient (Wildman–Crippen LogP) is 2.59. The van der Waals surface area contributed by atoms with Crippen LogP contribution in [0.3, 0.4) is 0 Å². The van der Waals surface area contributed by atoms with E-state index in [2.05, 4.69) is 4.98 Å². The number of ether oxygens (including phenoxy) is 1. The quantitative estimate of drug-likeness (QED) is 0.762. The van der Waals surface area contributed by atoms with Crippen LogP contribution in [0.4, 0.5) is 0 Å². The Labute approximate surface area is 98.5 Å². The molecule has 0 unspecified atom stereocenters. The summed E-state index contributed by atoms with van der Waals surface area (Å²) < 4.78 is 10.3. The molecule has 0 bridgehead atoms. The molecule has 0 saturated heterocycles. The second kappa shape index (κ2) is 4.82. The molecule has 0 spiro atoms. The lowest BCUT2D eigenvalue weighted by molar-refractivity contribution is 0.234. The molecule has 1 aromatic carbocycles. The van der Waals surface area contributed by atoms with Crippen molar-refractivity contribution >= 4 is 17.0 Å². The minimum absolute atomic E-state index is 0.264. The molecule has 0 aliphatic heterocycles. The molecule has 0 saturated carbocycles. The van der Waals surface area contributed by atoms with E-state index in [1.807, 2.05) is 13.0 Å². The number of nitrogens with zero attached hydrogens (tertiary/aromatic N) is 1. The van der Waals surface area contributed by atoms with E-state index in [1.165, 1.54) is 0 Å². The first kappa shape index (κ1) is 11.4. The van der Waals surface area contributed by atoms with Crippen LogP contribution in [-0.4, -0.2) is 11.6 Å². The maximum atomic E-state index is 11.7. The number of fused-ring (bicyclic) bond motifs is 1. The Balaban J connectivity index is 2.51. The Hall–Kier alpha value is -2.10. The lowest BCUT2D eigenvalue weighted by atomic mass is 10.2. The molecule has 4 heteroatoms. The average molecular weight is 231 g/mol. The van der Waals surface area contributed by atoms with Crippen molar-refractivity contribution in [3.63, 3.8) is 0 Å². The Bertz CT molecular complexity index is 613. The van der Waals surface area contributed by atoms with Crippen LogP contribution in [0.5, 0.6) is 0 Å². The van der Waals surface area contributed by atoms with Crippen molar-refractivity contribution in [2.45, 2.75) is 13.8 Å². The number of hydrogen-bond donors (Lipinski definition) is 0. The van der Waals surface area contributed by atoms with Gasteiger partial charge in [-0.15, -0.1) is 0 Å². The molecule has 4 nitrogen and oxygen atoms in total. The van der Waals surface area contributed by atoms with E-state index in [4.69, 9.17) is 9.15 Å². The molecular formula is C13H13NO3. The summed E-state index contributed by atoms with van der Waals surface area (Å²) in [4.78, 5) is 15.9. The van der Waals surface area contributed by atoms with Gasteiger partial charge in [-0.3, -0.25) is 0 Å². The molecular weight excluding hydrogens is 218 g/mol. The Kier molecular flexibility index (Phi) is 3.23. The maximum absolute atomic E-state index is 11.7. The molecule has 0 amide bonds. The molecule has 0 aliphatic carbocycles. The average Bonchev–Trinajstić information content (AvgIpc) is 2.29. The van der Waals surface area contributed by atoms with Gasteiger partial charge < -0.3 is 9.15 Å². The summed E-state index contributed by atoms with van der Waals surface area (Å²) in [6.07, 6.45) is 1.61. The van der Waals surface area contributed by atoms with Crippen LogP contribution in [0.1, 0.15) is 19.7 Å². The van der Waals surface area contributed by atoms with E-state index in [9.17, 15) is 4.79 Å².